The number of carboxylic acids is 1. The van der Waals surface area contributed by atoms with E-state index in [1.165, 1.54) is 17.7 Å². The molecule has 0 unspecified atom stereocenters. The Morgan fingerprint density at radius 3 is 2.74 bits per heavy atom. The Morgan fingerprint density at radius 1 is 1.15 bits per heavy atom. The zero-order chi connectivity index (χ0) is 19.0. The smallest absolute Gasteiger partial charge is 0.337 e. The molecule has 0 spiro atoms. The van der Waals surface area contributed by atoms with Crippen LogP contribution in [0.25, 0.3) is 10.9 Å². The molecule has 1 aliphatic rings. The fourth-order valence-corrected chi connectivity index (χ4v) is 4.10. The van der Waals surface area contributed by atoms with Gasteiger partial charge in [0.05, 0.1) is 11.1 Å². The number of hydrogen-bond donors (Lipinski definition) is 2. The van der Waals surface area contributed by atoms with Gasteiger partial charge in [-0.2, -0.15) is 0 Å². The van der Waals surface area contributed by atoms with Crippen molar-refractivity contribution in [3.63, 3.8) is 0 Å². The summed E-state index contributed by atoms with van der Waals surface area (Å²) in [4.78, 5) is 27.3. The number of nitrogens with two attached hydrogens (primary N) is 1. The molecule has 3 aromatic rings. The van der Waals surface area contributed by atoms with E-state index in [9.17, 15) is 14.7 Å². The highest BCUT2D eigenvalue weighted by molar-refractivity contribution is 6.04. The van der Waals surface area contributed by atoms with E-state index in [1.54, 1.807) is 18.3 Å². The minimum atomic E-state index is -0.929. The molecule has 0 aliphatic heterocycles. The number of aromatic carboxylic acids is 1. The minimum Gasteiger partial charge on any atom is -0.478 e. The molecule has 0 atom stereocenters. The maximum atomic E-state index is 11.9. The number of para-hydroxylation sites is 1. The summed E-state index contributed by atoms with van der Waals surface area (Å²) in [7, 11) is 0. The molecule has 0 bridgehead atoms. The van der Waals surface area contributed by atoms with E-state index < -0.39 is 11.9 Å². The number of carbonyl (C=O) groups is 2. The highest BCUT2D eigenvalue weighted by Crippen LogP contribution is 2.34. The number of hydrogen-bond acceptors (Lipinski definition) is 3. The molecule has 0 saturated heterocycles. The molecule has 0 radical (unpaired) electrons. The van der Waals surface area contributed by atoms with Crippen LogP contribution in [0.5, 0.6) is 0 Å². The first-order valence-electron chi connectivity index (χ1n) is 9.17. The van der Waals surface area contributed by atoms with E-state index in [0.29, 0.717) is 12.1 Å². The molecule has 1 amide bonds. The highest BCUT2D eigenvalue weighted by atomic mass is 16.4. The summed E-state index contributed by atoms with van der Waals surface area (Å²) in [5.41, 5.74) is 9.98. The number of nitrogens with zero attached hydrogens (tertiary/aromatic N) is 2. The molecule has 4 rings (SSSR count). The van der Waals surface area contributed by atoms with E-state index in [-0.39, 0.29) is 5.69 Å². The molecule has 1 aromatic carbocycles. The van der Waals surface area contributed by atoms with E-state index in [1.807, 2.05) is 18.2 Å². The zero-order valence-electron chi connectivity index (χ0n) is 14.9. The van der Waals surface area contributed by atoms with Crippen LogP contribution in [-0.4, -0.2) is 26.5 Å². The Labute approximate surface area is 156 Å². The maximum absolute atomic E-state index is 11.9. The Balaban J connectivity index is 1.93. The zero-order valence-corrected chi connectivity index (χ0v) is 14.9. The van der Waals surface area contributed by atoms with Crippen LogP contribution < -0.4 is 5.73 Å². The molecule has 27 heavy (non-hydrogen) atoms. The second kappa shape index (κ2) is 6.87. The SMILES string of the molecule is NC(=O)c1cc(Cn2c3c(c4cccc(C(=O)O)c42)CCCCC3)ccn1. The number of aryl methyl sites for hydroxylation is 1. The van der Waals surface area contributed by atoms with Crippen LogP contribution in [0, 0.1) is 0 Å². The van der Waals surface area contributed by atoms with Gasteiger partial charge in [0.1, 0.15) is 5.69 Å². The lowest BCUT2D eigenvalue weighted by molar-refractivity contribution is 0.0698. The van der Waals surface area contributed by atoms with Crippen molar-refractivity contribution in [1.82, 2.24) is 9.55 Å². The van der Waals surface area contributed by atoms with Gasteiger partial charge < -0.3 is 15.4 Å². The normalized spacial score (nSPS) is 13.9. The molecule has 138 valence electrons. The number of amides is 1. The molecule has 6 heteroatoms. The predicted octanol–water partition coefficient (Wildman–Crippen LogP) is 3.15. The molecule has 2 aromatic heterocycles. The van der Waals surface area contributed by atoms with Crippen LogP contribution in [0.1, 0.15) is 56.9 Å². The van der Waals surface area contributed by atoms with E-state index in [2.05, 4.69) is 9.55 Å². The van der Waals surface area contributed by atoms with Gasteiger partial charge >= 0.3 is 5.97 Å². The molecule has 2 heterocycles. The van der Waals surface area contributed by atoms with Crippen molar-refractivity contribution in [2.45, 2.75) is 38.6 Å². The van der Waals surface area contributed by atoms with E-state index >= 15 is 0 Å². The standard InChI is InChI=1S/C21H21N3O3/c22-20(25)17-11-13(9-10-23-17)12-24-18-8-3-1-2-5-14(18)15-6-4-7-16(19(15)24)21(26)27/h4,6-7,9-11H,1-3,5,8,12H2,(H2,22,25)(H,26,27). The van der Waals surface area contributed by atoms with Crippen LogP contribution in [0.15, 0.2) is 36.5 Å². The second-order valence-corrected chi connectivity index (χ2v) is 6.99. The first-order valence-corrected chi connectivity index (χ1v) is 9.17. The van der Waals surface area contributed by atoms with Crippen LogP contribution in [0.2, 0.25) is 0 Å². The monoisotopic (exact) mass is 363 g/mol. The molecule has 3 N–H and O–H groups in total. The average Bonchev–Trinajstić information content (AvgIpc) is 2.82. The largest absolute Gasteiger partial charge is 0.478 e. The van der Waals surface area contributed by atoms with Gasteiger partial charge in [0.25, 0.3) is 5.91 Å². The van der Waals surface area contributed by atoms with Crippen molar-refractivity contribution in [2.75, 3.05) is 0 Å². The summed E-state index contributed by atoms with van der Waals surface area (Å²) in [5, 5.41) is 10.7. The third-order valence-corrected chi connectivity index (χ3v) is 5.29. The predicted molar refractivity (Wildman–Crippen MR) is 102 cm³/mol. The lowest BCUT2D eigenvalue weighted by Crippen LogP contribution is -2.14. The maximum Gasteiger partial charge on any atom is 0.337 e. The van der Waals surface area contributed by atoms with Crippen molar-refractivity contribution < 1.29 is 14.7 Å². The van der Waals surface area contributed by atoms with E-state index in [4.69, 9.17) is 5.73 Å². The van der Waals surface area contributed by atoms with Crippen molar-refractivity contribution in [2.24, 2.45) is 5.73 Å². The summed E-state index contributed by atoms with van der Waals surface area (Å²) < 4.78 is 2.11. The van der Waals surface area contributed by atoms with Gasteiger partial charge in [0.15, 0.2) is 0 Å². The summed E-state index contributed by atoms with van der Waals surface area (Å²) in [6, 6.07) is 9.01. The van der Waals surface area contributed by atoms with Gasteiger partial charge in [-0.25, -0.2) is 4.79 Å². The van der Waals surface area contributed by atoms with Crippen molar-refractivity contribution in [3.05, 3.63) is 64.6 Å². The third kappa shape index (κ3) is 3.07. The number of carbonyl (C=O) groups excluding carboxylic acids is 1. The lowest BCUT2D eigenvalue weighted by Gasteiger charge is -2.13. The Morgan fingerprint density at radius 2 is 1.96 bits per heavy atom. The molecule has 6 nitrogen and oxygen atoms in total. The number of rotatable bonds is 4. The lowest BCUT2D eigenvalue weighted by atomic mass is 10.0. The molecular formula is C21H21N3O3. The average molecular weight is 363 g/mol. The van der Waals surface area contributed by atoms with Crippen molar-refractivity contribution in [1.29, 1.82) is 0 Å². The number of pyridine rings is 1. The quantitative estimate of drug-likeness (QED) is 0.696. The second-order valence-electron chi connectivity index (χ2n) is 6.99. The summed E-state index contributed by atoms with van der Waals surface area (Å²) in [6.45, 7) is 0.485. The number of carboxylic acid groups (broad SMARTS) is 1. The van der Waals surface area contributed by atoms with Crippen LogP contribution >= 0.6 is 0 Å². The Bertz CT molecular complexity index is 1050. The van der Waals surface area contributed by atoms with Gasteiger partial charge in [0, 0.05) is 23.8 Å². The first-order chi connectivity index (χ1) is 13.1. The van der Waals surface area contributed by atoms with Crippen molar-refractivity contribution >= 4 is 22.8 Å². The molecule has 0 saturated carbocycles. The number of aromatic nitrogens is 2. The summed E-state index contributed by atoms with van der Waals surface area (Å²) in [6.07, 6.45) is 6.84. The third-order valence-electron chi connectivity index (χ3n) is 5.29. The highest BCUT2D eigenvalue weighted by Gasteiger charge is 2.23. The molecule has 1 aliphatic carbocycles. The van der Waals surface area contributed by atoms with Gasteiger partial charge in [0.2, 0.25) is 0 Å². The number of fused-ring (bicyclic) bond motifs is 3. The topological polar surface area (TPSA) is 98.2 Å². The Kier molecular flexibility index (Phi) is 4.39. The first kappa shape index (κ1) is 17.3. The van der Waals surface area contributed by atoms with Crippen LogP contribution in [0.3, 0.4) is 0 Å². The number of primary amides is 1. The minimum absolute atomic E-state index is 0.216. The molecule has 0 fully saturated rings. The van der Waals surface area contributed by atoms with Gasteiger partial charge in [-0.3, -0.25) is 9.78 Å². The summed E-state index contributed by atoms with van der Waals surface area (Å²) >= 11 is 0. The van der Waals surface area contributed by atoms with E-state index in [0.717, 1.165) is 42.1 Å². The fraction of sp³-hybridized carbons (Fsp3) is 0.286. The fourth-order valence-electron chi connectivity index (χ4n) is 4.10. The molecular weight excluding hydrogens is 342 g/mol. The van der Waals surface area contributed by atoms with Crippen LogP contribution in [0.4, 0.5) is 0 Å². The van der Waals surface area contributed by atoms with Crippen molar-refractivity contribution in [3.8, 4) is 0 Å². The van der Waals surface area contributed by atoms with Gasteiger partial charge in [-0.05, 0) is 55.0 Å². The number of benzene rings is 1. The summed E-state index contributed by atoms with van der Waals surface area (Å²) in [5.74, 6) is -1.50. The van der Waals surface area contributed by atoms with Gasteiger partial charge in [-0.15, -0.1) is 0 Å². The van der Waals surface area contributed by atoms with Crippen LogP contribution in [-0.2, 0) is 19.4 Å². The van der Waals surface area contributed by atoms with Gasteiger partial charge in [-0.1, -0.05) is 18.6 Å². The Hall–Kier alpha value is -3.15.